The van der Waals surface area contributed by atoms with E-state index in [1.54, 1.807) is 6.26 Å². The van der Waals surface area contributed by atoms with Crippen molar-refractivity contribution < 1.29 is 14.3 Å². The zero-order chi connectivity index (χ0) is 21.9. The number of aromatic nitrogens is 2. The van der Waals surface area contributed by atoms with Gasteiger partial charge in [-0.2, -0.15) is 0 Å². The number of rotatable bonds is 7. The number of likely N-dealkylation sites (tertiary alicyclic amines) is 1. The molecule has 166 valence electrons. The third kappa shape index (κ3) is 4.39. The van der Waals surface area contributed by atoms with Crippen molar-refractivity contribution in [3.63, 3.8) is 0 Å². The highest BCUT2D eigenvalue weighted by Gasteiger charge is 2.35. The van der Waals surface area contributed by atoms with E-state index in [0.29, 0.717) is 19.0 Å². The second kappa shape index (κ2) is 9.12. The number of oxazole rings is 1. The lowest BCUT2D eigenvalue weighted by Gasteiger charge is -2.24. The minimum absolute atomic E-state index is 0.111. The molecule has 2 atom stereocenters. The normalized spacial score (nSPS) is 19.3. The zero-order valence-corrected chi connectivity index (χ0v) is 18.0. The Balaban J connectivity index is 1.21. The van der Waals surface area contributed by atoms with Crippen molar-refractivity contribution in [3.8, 4) is 0 Å². The summed E-state index contributed by atoms with van der Waals surface area (Å²) in [6.07, 6.45) is 6.41. The van der Waals surface area contributed by atoms with Crippen LogP contribution >= 0.6 is 0 Å². The molecule has 4 heterocycles. The summed E-state index contributed by atoms with van der Waals surface area (Å²) in [5.41, 5.74) is 4.08. The van der Waals surface area contributed by atoms with E-state index < -0.39 is 12.0 Å². The van der Waals surface area contributed by atoms with E-state index in [1.165, 1.54) is 5.56 Å². The highest BCUT2D eigenvalue weighted by Crippen LogP contribution is 2.33. The third-order valence-corrected chi connectivity index (χ3v) is 6.44. The third-order valence-electron chi connectivity index (χ3n) is 6.44. The Hall–Kier alpha value is -3.19. The molecule has 2 aromatic heterocycles. The summed E-state index contributed by atoms with van der Waals surface area (Å²) in [5.74, 6) is 1.02. The van der Waals surface area contributed by atoms with Crippen LogP contribution in [0.2, 0.25) is 0 Å². The monoisotopic (exact) mass is 432 g/mol. The molecule has 2 unspecified atom stereocenters. The molecule has 0 bridgehead atoms. The fraction of sp³-hybridized carbons (Fsp3) is 0.400. The van der Waals surface area contributed by atoms with Crippen LogP contribution in [-0.2, 0) is 24.1 Å². The van der Waals surface area contributed by atoms with E-state index >= 15 is 0 Å². The molecule has 5 rings (SSSR count). The van der Waals surface area contributed by atoms with E-state index in [4.69, 9.17) is 14.4 Å². The van der Waals surface area contributed by atoms with E-state index in [-0.39, 0.29) is 5.92 Å². The number of carbonyl (C=O) groups is 1. The minimum atomic E-state index is -0.822. The predicted molar refractivity (Wildman–Crippen MR) is 121 cm³/mol. The van der Waals surface area contributed by atoms with Crippen LogP contribution in [0.5, 0.6) is 0 Å². The van der Waals surface area contributed by atoms with Gasteiger partial charge >= 0.3 is 5.97 Å². The fourth-order valence-corrected chi connectivity index (χ4v) is 4.76. The molecule has 2 N–H and O–H groups in total. The van der Waals surface area contributed by atoms with Crippen LogP contribution in [0.1, 0.15) is 53.2 Å². The van der Waals surface area contributed by atoms with Gasteiger partial charge in [-0.15, -0.1) is 0 Å². The lowest BCUT2D eigenvalue weighted by atomic mass is 10.1. The lowest BCUT2D eigenvalue weighted by molar-refractivity contribution is -0.143. The molecule has 0 aliphatic carbocycles. The quantitative estimate of drug-likeness (QED) is 0.586. The summed E-state index contributed by atoms with van der Waals surface area (Å²) in [6, 6.07) is 13.1. The Morgan fingerprint density at radius 3 is 2.84 bits per heavy atom. The number of fused-ring (bicyclic) bond motifs is 1. The molecule has 7 nitrogen and oxygen atoms in total. The van der Waals surface area contributed by atoms with Crippen molar-refractivity contribution in [1.29, 1.82) is 0 Å². The first kappa shape index (κ1) is 20.7. The summed E-state index contributed by atoms with van der Waals surface area (Å²) < 4.78 is 5.80. The molecule has 1 saturated heterocycles. The van der Waals surface area contributed by atoms with Crippen LogP contribution in [-0.4, -0.2) is 45.6 Å². The van der Waals surface area contributed by atoms with Gasteiger partial charge in [0.2, 0.25) is 0 Å². The first-order valence-corrected chi connectivity index (χ1v) is 11.4. The number of benzene rings is 1. The van der Waals surface area contributed by atoms with Gasteiger partial charge < -0.3 is 14.8 Å². The average molecular weight is 433 g/mol. The molecule has 0 spiro atoms. The predicted octanol–water partition coefficient (Wildman–Crippen LogP) is 3.83. The number of nitrogens with zero attached hydrogens (tertiary/aromatic N) is 3. The minimum Gasteiger partial charge on any atom is -0.480 e. The number of carboxylic acids is 1. The number of aryl methyl sites for hydroxylation is 3. The van der Waals surface area contributed by atoms with Gasteiger partial charge in [0.1, 0.15) is 18.1 Å². The molecule has 3 aromatic rings. The van der Waals surface area contributed by atoms with Crippen LogP contribution in [0.3, 0.4) is 0 Å². The van der Waals surface area contributed by atoms with Crippen molar-refractivity contribution in [2.75, 3.05) is 25.0 Å². The van der Waals surface area contributed by atoms with Crippen molar-refractivity contribution in [1.82, 2.24) is 14.9 Å². The maximum absolute atomic E-state index is 12.0. The Labute approximate surface area is 187 Å². The fourth-order valence-electron chi connectivity index (χ4n) is 4.76. The maximum atomic E-state index is 12.0. The average Bonchev–Trinajstić information content (AvgIpc) is 3.48. The standard InChI is InChI=1S/C25H28N4O3/c30-25(31)22(17-5-2-1-3-6-17)29-14-12-19(15-29)24-28-21(16-32-24)11-10-20-9-8-18-7-4-13-26-23(18)27-20/h1-3,5-6,8-9,16,19,22H,4,7,10-15H2,(H,26,27)(H,30,31). The van der Waals surface area contributed by atoms with Crippen molar-refractivity contribution in [2.45, 2.75) is 44.1 Å². The molecule has 0 radical (unpaired) electrons. The van der Waals surface area contributed by atoms with Gasteiger partial charge in [-0.25, -0.2) is 9.97 Å². The number of carboxylic acid groups (broad SMARTS) is 1. The Bertz CT molecular complexity index is 1080. The summed E-state index contributed by atoms with van der Waals surface area (Å²) >= 11 is 0. The number of pyridine rings is 1. The molecular formula is C25H28N4O3. The summed E-state index contributed by atoms with van der Waals surface area (Å²) in [6.45, 7) is 2.33. The van der Waals surface area contributed by atoms with E-state index in [1.807, 2.05) is 35.2 Å². The van der Waals surface area contributed by atoms with Crippen LogP contribution in [0.15, 0.2) is 53.1 Å². The Kier molecular flexibility index (Phi) is 5.90. The van der Waals surface area contributed by atoms with E-state index in [9.17, 15) is 9.90 Å². The Morgan fingerprint density at radius 2 is 2.00 bits per heavy atom. The summed E-state index contributed by atoms with van der Waals surface area (Å²) in [7, 11) is 0. The zero-order valence-electron chi connectivity index (χ0n) is 18.0. The molecule has 32 heavy (non-hydrogen) atoms. The van der Waals surface area contributed by atoms with Gasteiger partial charge in [0, 0.05) is 31.2 Å². The van der Waals surface area contributed by atoms with E-state index in [2.05, 4.69) is 17.4 Å². The molecule has 1 fully saturated rings. The number of hydrogen-bond donors (Lipinski definition) is 2. The highest BCUT2D eigenvalue weighted by atomic mass is 16.4. The van der Waals surface area contributed by atoms with Crippen molar-refractivity contribution in [2.24, 2.45) is 0 Å². The van der Waals surface area contributed by atoms with Gasteiger partial charge in [0.05, 0.1) is 5.69 Å². The first-order valence-electron chi connectivity index (χ1n) is 11.4. The largest absolute Gasteiger partial charge is 0.480 e. The van der Waals surface area contributed by atoms with Gasteiger partial charge in [-0.1, -0.05) is 36.4 Å². The van der Waals surface area contributed by atoms with Crippen LogP contribution in [0, 0.1) is 0 Å². The molecule has 2 aliphatic heterocycles. The van der Waals surface area contributed by atoms with Gasteiger partial charge in [-0.05, 0) is 49.3 Å². The molecule has 1 aromatic carbocycles. The number of anilines is 1. The molecular weight excluding hydrogens is 404 g/mol. The van der Waals surface area contributed by atoms with Crippen LogP contribution < -0.4 is 5.32 Å². The number of nitrogens with one attached hydrogen (secondary N) is 1. The highest BCUT2D eigenvalue weighted by molar-refractivity contribution is 5.75. The summed E-state index contributed by atoms with van der Waals surface area (Å²) in [4.78, 5) is 23.4. The SMILES string of the molecule is O=C(O)C(c1ccccc1)N1CCC(c2nc(CCc3ccc4c(n3)NCCC4)co2)C1. The molecule has 0 saturated carbocycles. The summed E-state index contributed by atoms with van der Waals surface area (Å²) in [5, 5.41) is 13.2. The number of hydrogen-bond acceptors (Lipinski definition) is 6. The molecule has 0 amide bonds. The topological polar surface area (TPSA) is 91.5 Å². The second-order valence-corrected chi connectivity index (χ2v) is 8.65. The second-order valence-electron chi connectivity index (χ2n) is 8.65. The smallest absolute Gasteiger partial charge is 0.325 e. The van der Waals surface area contributed by atoms with Gasteiger partial charge in [0.15, 0.2) is 5.89 Å². The maximum Gasteiger partial charge on any atom is 0.325 e. The lowest BCUT2D eigenvalue weighted by Crippen LogP contribution is -2.32. The van der Waals surface area contributed by atoms with Gasteiger partial charge in [-0.3, -0.25) is 9.69 Å². The van der Waals surface area contributed by atoms with Gasteiger partial charge in [0.25, 0.3) is 0 Å². The molecule has 7 heteroatoms. The van der Waals surface area contributed by atoms with Crippen LogP contribution in [0.25, 0.3) is 0 Å². The van der Waals surface area contributed by atoms with Crippen molar-refractivity contribution >= 4 is 11.8 Å². The van der Waals surface area contributed by atoms with Crippen molar-refractivity contribution in [3.05, 3.63) is 77.1 Å². The van der Waals surface area contributed by atoms with Crippen LogP contribution in [0.4, 0.5) is 5.82 Å². The molecule has 2 aliphatic rings. The van der Waals surface area contributed by atoms with E-state index in [0.717, 1.165) is 61.4 Å². The number of aliphatic carboxylic acids is 1. The Morgan fingerprint density at radius 1 is 1.16 bits per heavy atom. The first-order chi connectivity index (χ1) is 15.7.